The fourth-order valence-corrected chi connectivity index (χ4v) is 2.00. The summed E-state index contributed by atoms with van der Waals surface area (Å²) >= 11 is 0. The minimum absolute atomic E-state index is 0.0610. The molecule has 0 fully saturated rings. The molecule has 1 aromatic carbocycles. The molecule has 0 heterocycles. The van der Waals surface area contributed by atoms with Gasteiger partial charge in [0, 0.05) is 13.2 Å². The number of carbonyl (C=O) groups is 1. The highest BCUT2D eigenvalue weighted by molar-refractivity contribution is 5.97. The molecule has 0 aliphatic heterocycles. The van der Waals surface area contributed by atoms with E-state index in [1.807, 2.05) is 6.92 Å². The summed E-state index contributed by atoms with van der Waals surface area (Å²) in [5.74, 6) is -1.58. The van der Waals surface area contributed by atoms with Crippen molar-refractivity contribution in [3.05, 3.63) is 29.6 Å². The molecule has 0 saturated heterocycles. The van der Waals surface area contributed by atoms with Gasteiger partial charge >= 0.3 is 0 Å². The van der Waals surface area contributed by atoms with Gasteiger partial charge in [-0.2, -0.15) is 0 Å². The van der Waals surface area contributed by atoms with Gasteiger partial charge in [0.05, 0.1) is 0 Å². The first kappa shape index (κ1) is 15.4. The molecule has 0 aliphatic carbocycles. The largest absolute Gasteiger partial charge is 0.507 e. The highest BCUT2D eigenvalue weighted by Gasteiger charge is 2.17. The predicted octanol–water partition coefficient (Wildman–Crippen LogP) is 2.06. The van der Waals surface area contributed by atoms with Gasteiger partial charge in [0.2, 0.25) is 0 Å². The number of hydrogen-bond donors (Lipinski definition) is 3. The number of aliphatic hydroxyl groups is 1. The number of phenols is 1. The summed E-state index contributed by atoms with van der Waals surface area (Å²) in [4.78, 5) is 11.8. The van der Waals surface area contributed by atoms with Gasteiger partial charge in [0.25, 0.3) is 5.91 Å². The predicted molar refractivity (Wildman–Crippen MR) is 70.5 cm³/mol. The number of benzene rings is 1. The maximum Gasteiger partial charge on any atom is 0.258 e. The number of phenolic OH excluding ortho intramolecular Hbond substituents is 1. The number of halogens is 1. The Morgan fingerprint density at radius 3 is 2.74 bits per heavy atom. The monoisotopic (exact) mass is 269 g/mol. The summed E-state index contributed by atoms with van der Waals surface area (Å²) in [6, 6.07) is 3.74. The van der Waals surface area contributed by atoms with E-state index < -0.39 is 11.7 Å². The van der Waals surface area contributed by atoms with Crippen LogP contribution in [0.3, 0.4) is 0 Å². The molecule has 1 amide bonds. The average Bonchev–Trinajstić information content (AvgIpc) is 2.36. The van der Waals surface area contributed by atoms with Crippen LogP contribution in [-0.2, 0) is 0 Å². The summed E-state index contributed by atoms with van der Waals surface area (Å²) in [5.41, 5.74) is -0.332. The Hall–Kier alpha value is -1.62. The van der Waals surface area contributed by atoms with E-state index in [1.165, 1.54) is 12.1 Å². The molecule has 106 valence electrons. The zero-order valence-electron chi connectivity index (χ0n) is 11.0. The third-order valence-corrected chi connectivity index (χ3v) is 3.00. The van der Waals surface area contributed by atoms with E-state index in [0.717, 1.165) is 18.9 Å². The average molecular weight is 269 g/mol. The lowest BCUT2D eigenvalue weighted by Crippen LogP contribution is -2.30. The molecule has 1 rings (SSSR count). The number of amides is 1. The van der Waals surface area contributed by atoms with E-state index in [4.69, 9.17) is 5.11 Å². The van der Waals surface area contributed by atoms with E-state index in [9.17, 15) is 14.3 Å². The summed E-state index contributed by atoms with van der Waals surface area (Å²) in [6.07, 6.45) is 2.42. The van der Waals surface area contributed by atoms with Crippen molar-refractivity contribution >= 4 is 5.91 Å². The lowest BCUT2D eigenvalue weighted by Gasteiger charge is -2.16. The smallest absolute Gasteiger partial charge is 0.258 e. The first-order chi connectivity index (χ1) is 9.10. The van der Waals surface area contributed by atoms with Gasteiger partial charge in [-0.3, -0.25) is 4.79 Å². The second-order valence-electron chi connectivity index (χ2n) is 4.51. The molecule has 5 heteroatoms. The molecule has 1 aromatic rings. The molecule has 1 unspecified atom stereocenters. The molecule has 0 aliphatic rings. The van der Waals surface area contributed by atoms with Crippen LogP contribution in [0.4, 0.5) is 4.39 Å². The molecule has 4 nitrogen and oxygen atoms in total. The summed E-state index contributed by atoms with van der Waals surface area (Å²) < 4.78 is 13.5. The second kappa shape index (κ2) is 7.74. The molecule has 0 radical (unpaired) electrons. The first-order valence-electron chi connectivity index (χ1n) is 6.46. The minimum atomic E-state index is -0.744. The van der Waals surface area contributed by atoms with Crippen LogP contribution in [0.5, 0.6) is 5.75 Å². The van der Waals surface area contributed by atoms with Crippen molar-refractivity contribution in [2.24, 2.45) is 5.92 Å². The third kappa shape index (κ3) is 4.52. The van der Waals surface area contributed by atoms with Gasteiger partial charge in [-0.05, 0) is 30.9 Å². The van der Waals surface area contributed by atoms with Crippen molar-refractivity contribution in [3.63, 3.8) is 0 Å². The molecule has 0 spiro atoms. The molecule has 0 aromatic heterocycles. The summed E-state index contributed by atoms with van der Waals surface area (Å²) in [6.45, 7) is 2.45. The standard InChI is InChI=1S/C14H20FNO3/c1-2-4-10(7-8-17)9-16-14(19)13-11(15)5-3-6-12(13)18/h3,5-6,10,17-18H,2,4,7-9H2,1H3,(H,16,19). The number of aromatic hydroxyl groups is 1. The van der Waals surface area contributed by atoms with E-state index in [-0.39, 0.29) is 23.8 Å². The van der Waals surface area contributed by atoms with Gasteiger partial charge in [-0.15, -0.1) is 0 Å². The number of aliphatic hydroxyl groups excluding tert-OH is 1. The number of rotatable bonds is 7. The zero-order valence-corrected chi connectivity index (χ0v) is 11.0. The van der Waals surface area contributed by atoms with Crippen molar-refractivity contribution in [1.29, 1.82) is 0 Å². The topological polar surface area (TPSA) is 69.6 Å². The fourth-order valence-electron chi connectivity index (χ4n) is 2.00. The van der Waals surface area contributed by atoms with Crippen molar-refractivity contribution < 1.29 is 19.4 Å². The molecular formula is C14H20FNO3. The Kier molecular flexibility index (Phi) is 6.29. The minimum Gasteiger partial charge on any atom is -0.507 e. The number of nitrogens with one attached hydrogen (secondary N) is 1. The van der Waals surface area contributed by atoms with Gasteiger partial charge in [0.1, 0.15) is 17.1 Å². The summed E-state index contributed by atoms with van der Waals surface area (Å²) in [5, 5.41) is 21.0. The maximum absolute atomic E-state index is 13.5. The van der Waals surface area contributed by atoms with Crippen LogP contribution in [0.2, 0.25) is 0 Å². The normalized spacial score (nSPS) is 12.2. The van der Waals surface area contributed by atoms with Crippen LogP contribution in [0.25, 0.3) is 0 Å². The fraction of sp³-hybridized carbons (Fsp3) is 0.500. The van der Waals surface area contributed by atoms with Crippen LogP contribution in [0.1, 0.15) is 36.5 Å². The van der Waals surface area contributed by atoms with Gasteiger partial charge in [0.15, 0.2) is 0 Å². The lowest BCUT2D eigenvalue weighted by molar-refractivity contribution is 0.0936. The van der Waals surface area contributed by atoms with E-state index in [0.29, 0.717) is 13.0 Å². The molecular weight excluding hydrogens is 249 g/mol. The van der Waals surface area contributed by atoms with Crippen LogP contribution >= 0.6 is 0 Å². The van der Waals surface area contributed by atoms with Crippen molar-refractivity contribution in [2.45, 2.75) is 26.2 Å². The van der Waals surface area contributed by atoms with Crippen LogP contribution in [-0.4, -0.2) is 29.3 Å². The van der Waals surface area contributed by atoms with Crippen molar-refractivity contribution in [2.75, 3.05) is 13.2 Å². The molecule has 0 bridgehead atoms. The van der Waals surface area contributed by atoms with E-state index >= 15 is 0 Å². The second-order valence-corrected chi connectivity index (χ2v) is 4.51. The Balaban J connectivity index is 2.64. The number of carbonyl (C=O) groups excluding carboxylic acids is 1. The Labute approximate surface area is 112 Å². The van der Waals surface area contributed by atoms with Crippen LogP contribution in [0.15, 0.2) is 18.2 Å². The molecule has 3 N–H and O–H groups in total. The lowest BCUT2D eigenvalue weighted by atomic mass is 10.00. The zero-order chi connectivity index (χ0) is 14.3. The molecule has 1 atom stereocenters. The van der Waals surface area contributed by atoms with Crippen molar-refractivity contribution in [1.82, 2.24) is 5.32 Å². The Bertz CT molecular complexity index is 397. The van der Waals surface area contributed by atoms with E-state index in [2.05, 4.69) is 5.32 Å². The van der Waals surface area contributed by atoms with Gasteiger partial charge in [-0.25, -0.2) is 4.39 Å². The van der Waals surface area contributed by atoms with E-state index in [1.54, 1.807) is 0 Å². The maximum atomic E-state index is 13.5. The quantitative estimate of drug-likeness (QED) is 0.709. The van der Waals surface area contributed by atoms with Crippen LogP contribution in [0, 0.1) is 11.7 Å². The third-order valence-electron chi connectivity index (χ3n) is 3.00. The SMILES string of the molecule is CCCC(CCO)CNC(=O)c1c(O)cccc1F. The first-order valence-corrected chi connectivity index (χ1v) is 6.46. The van der Waals surface area contributed by atoms with Crippen molar-refractivity contribution in [3.8, 4) is 5.75 Å². The Morgan fingerprint density at radius 2 is 2.16 bits per heavy atom. The highest BCUT2D eigenvalue weighted by atomic mass is 19.1. The van der Waals surface area contributed by atoms with Gasteiger partial charge < -0.3 is 15.5 Å². The number of hydrogen-bond acceptors (Lipinski definition) is 3. The molecule has 19 heavy (non-hydrogen) atoms. The van der Waals surface area contributed by atoms with Gasteiger partial charge in [-0.1, -0.05) is 19.4 Å². The van der Waals surface area contributed by atoms with Crippen LogP contribution < -0.4 is 5.32 Å². The molecule has 0 saturated carbocycles. The Morgan fingerprint density at radius 1 is 1.42 bits per heavy atom. The highest BCUT2D eigenvalue weighted by Crippen LogP contribution is 2.19. The summed E-state index contributed by atoms with van der Waals surface area (Å²) in [7, 11) is 0.